The van der Waals surface area contributed by atoms with E-state index in [2.05, 4.69) is 19.1 Å². The molecule has 0 heterocycles. The fourth-order valence-electron chi connectivity index (χ4n) is 3.06. The molecule has 1 unspecified atom stereocenters. The third-order valence-corrected chi connectivity index (χ3v) is 5.00. The standard InChI is InChI=1S/C17H25ClO2/c1-4-19-14-9-8-13(12-15(14)20-5-2)16(18)17(3)10-6-7-11-17/h8-9,12,16H,4-7,10-11H2,1-3H3. The lowest BCUT2D eigenvalue weighted by molar-refractivity contribution is 0.285. The highest BCUT2D eigenvalue weighted by molar-refractivity contribution is 6.21. The van der Waals surface area contributed by atoms with Gasteiger partial charge in [-0.05, 0) is 49.8 Å². The van der Waals surface area contributed by atoms with Gasteiger partial charge in [-0.15, -0.1) is 11.6 Å². The minimum absolute atomic E-state index is 0.0416. The minimum atomic E-state index is 0.0416. The van der Waals surface area contributed by atoms with Crippen LogP contribution in [-0.4, -0.2) is 13.2 Å². The summed E-state index contributed by atoms with van der Waals surface area (Å²) in [6.07, 6.45) is 4.99. The van der Waals surface area contributed by atoms with Crippen LogP contribution in [0.15, 0.2) is 18.2 Å². The number of hydrogen-bond donors (Lipinski definition) is 0. The largest absolute Gasteiger partial charge is 0.490 e. The van der Waals surface area contributed by atoms with Crippen LogP contribution >= 0.6 is 11.6 Å². The monoisotopic (exact) mass is 296 g/mol. The van der Waals surface area contributed by atoms with Crippen LogP contribution in [-0.2, 0) is 0 Å². The Labute approximate surface area is 127 Å². The Morgan fingerprint density at radius 3 is 2.30 bits per heavy atom. The summed E-state index contributed by atoms with van der Waals surface area (Å²) in [4.78, 5) is 0. The quantitative estimate of drug-likeness (QED) is 0.659. The van der Waals surface area contributed by atoms with E-state index < -0.39 is 0 Å². The summed E-state index contributed by atoms with van der Waals surface area (Å²) in [5, 5.41) is 0.0416. The molecule has 1 atom stereocenters. The van der Waals surface area contributed by atoms with Crippen LogP contribution in [0.1, 0.15) is 57.4 Å². The van der Waals surface area contributed by atoms with Crippen molar-refractivity contribution < 1.29 is 9.47 Å². The zero-order chi connectivity index (χ0) is 14.6. The topological polar surface area (TPSA) is 18.5 Å². The molecule has 0 N–H and O–H groups in total. The van der Waals surface area contributed by atoms with Gasteiger partial charge in [-0.25, -0.2) is 0 Å². The maximum absolute atomic E-state index is 6.76. The highest BCUT2D eigenvalue weighted by Crippen LogP contribution is 2.51. The third kappa shape index (κ3) is 3.22. The Bertz CT molecular complexity index is 439. The van der Waals surface area contributed by atoms with E-state index in [0.29, 0.717) is 13.2 Å². The lowest BCUT2D eigenvalue weighted by atomic mass is 9.81. The van der Waals surface area contributed by atoms with Crippen LogP contribution in [0.3, 0.4) is 0 Å². The fraction of sp³-hybridized carbons (Fsp3) is 0.647. The second-order valence-electron chi connectivity index (χ2n) is 5.80. The van der Waals surface area contributed by atoms with Gasteiger partial charge in [-0.1, -0.05) is 25.8 Å². The van der Waals surface area contributed by atoms with E-state index >= 15 is 0 Å². The van der Waals surface area contributed by atoms with Crippen molar-refractivity contribution in [2.24, 2.45) is 5.41 Å². The van der Waals surface area contributed by atoms with Crippen LogP contribution in [0.25, 0.3) is 0 Å². The Morgan fingerprint density at radius 1 is 1.10 bits per heavy atom. The summed E-state index contributed by atoms with van der Waals surface area (Å²) in [5.41, 5.74) is 1.35. The second-order valence-corrected chi connectivity index (χ2v) is 6.23. The van der Waals surface area contributed by atoms with Gasteiger partial charge in [0.25, 0.3) is 0 Å². The smallest absolute Gasteiger partial charge is 0.161 e. The molecule has 1 aliphatic carbocycles. The molecule has 1 fully saturated rings. The molecule has 1 aromatic carbocycles. The molecule has 0 radical (unpaired) electrons. The minimum Gasteiger partial charge on any atom is -0.490 e. The molecule has 1 aromatic rings. The molecule has 0 aromatic heterocycles. The molecule has 0 aliphatic heterocycles. The molecule has 0 spiro atoms. The fourth-order valence-corrected chi connectivity index (χ4v) is 3.42. The second kappa shape index (κ2) is 6.71. The van der Waals surface area contributed by atoms with E-state index in [1.165, 1.54) is 25.7 Å². The predicted molar refractivity (Wildman–Crippen MR) is 83.9 cm³/mol. The highest BCUT2D eigenvalue weighted by Gasteiger charge is 2.37. The van der Waals surface area contributed by atoms with Crippen molar-refractivity contribution in [3.8, 4) is 11.5 Å². The molecule has 2 rings (SSSR count). The highest BCUT2D eigenvalue weighted by atomic mass is 35.5. The van der Waals surface area contributed by atoms with E-state index in [4.69, 9.17) is 21.1 Å². The Hall–Kier alpha value is -0.890. The molecule has 1 saturated carbocycles. The summed E-state index contributed by atoms with van der Waals surface area (Å²) in [5.74, 6) is 1.61. The molecule has 1 aliphatic rings. The van der Waals surface area contributed by atoms with Gasteiger partial charge < -0.3 is 9.47 Å². The molecule has 112 valence electrons. The summed E-state index contributed by atoms with van der Waals surface area (Å²) in [6.45, 7) is 7.54. The summed E-state index contributed by atoms with van der Waals surface area (Å²) >= 11 is 6.76. The first kappa shape index (κ1) is 15.5. The molecule has 0 saturated heterocycles. The van der Waals surface area contributed by atoms with E-state index in [-0.39, 0.29) is 10.8 Å². The Morgan fingerprint density at radius 2 is 1.70 bits per heavy atom. The van der Waals surface area contributed by atoms with Gasteiger partial charge in [-0.3, -0.25) is 0 Å². The molecule has 20 heavy (non-hydrogen) atoms. The number of rotatable bonds is 6. The van der Waals surface area contributed by atoms with Crippen molar-refractivity contribution in [3.63, 3.8) is 0 Å². The van der Waals surface area contributed by atoms with Crippen LogP contribution < -0.4 is 9.47 Å². The molecule has 0 amide bonds. The molecule has 3 heteroatoms. The van der Waals surface area contributed by atoms with E-state index in [1.807, 2.05) is 19.9 Å². The first-order chi connectivity index (χ1) is 9.60. The SMILES string of the molecule is CCOc1ccc(C(Cl)C2(C)CCCC2)cc1OCC. The van der Waals surface area contributed by atoms with Crippen molar-refractivity contribution in [2.45, 2.75) is 51.8 Å². The van der Waals surface area contributed by atoms with E-state index in [0.717, 1.165) is 17.1 Å². The zero-order valence-corrected chi connectivity index (χ0v) is 13.5. The maximum atomic E-state index is 6.76. The molecular weight excluding hydrogens is 272 g/mol. The van der Waals surface area contributed by atoms with Gasteiger partial charge in [0, 0.05) is 0 Å². The van der Waals surface area contributed by atoms with Crippen molar-refractivity contribution in [1.82, 2.24) is 0 Å². The van der Waals surface area contributed by atoms with Gasteiger partial charge in [0.1, 0.15) is 0 Å². The van der Waals surface area contributed by atoms with Crippen molar-refractivity contribution in [1.29, 1.82) is 0 Å². The van der Waals surface area contributed by atoms with Crippen LogP contribution in [0, 0.1) is 5.41 Å². The number of hydrogen-bond acceptors (Lipinski definition) is 2. The average molecular weight is 297 g/mol. The van der Waals surface area contributed by atoms with Crippen LogP contribution in [0.4, 0.5) is 0 Å². The summed E-state index contributed by atoms with van der Waals surface area (Å²) < 4.78 is 11.3. The number of alkyl halides is 1. The number of halogens is 1. The van der Waals surface area contributed by atoms with Crippen molar-refractivity contribution in [3.05, 3.63) is 23.8 Å². The van der Waals surface area contributed by atoms with Crippen LogP contribution in [0.2, 0.25) is 0 Å². The van der Waals surface area contributed by atoms with Gasteiger partial charge >= 0.3 is 0 Å². The van der Waals surface area contributed by atoms with E-state index in [1.54, 1.807) is 0 Å². The summed E-state index contributed by atoms with van der Waals surface area (Å²) in [6, 6.07) is 6.11. The Kier molecular flexibility index (Phi) is 5.20. The van der Waals surface area contributed by atoms with Gasteiger partial charge in [0.15, 0.2) is 11.5 Å². The zero-order valence-electron chi connectivity index (χ0n) is 12.7. The normalized spacial score (nSPS) is 18.8. The number of ether oxygens (including phenoxy) is 2. The molecule has 0 bridgehead atoms. The lowest BCUT2D eigenvalue weighted by Gasteiger charge is -2.30. The number of benzene rings is 1. The van der Waals surface area contributed by atoms with Crippen molar-refractivity contribution >= 4 is 11.6 Å². The lowest BCUT2D eigenvalue weighted by Crippen LogP contribution is -2.18. The van der Waals surface area contributed by atoms with Crippen molar-refractivity contribution in [2.75, 3.05) is 13.2 Å². The first-order valence-corrected chi connectivity index (χ1v) is 8.08. The maximum Gasteiger partial charge on any atom is 0.161 e. The average Bonchev–Trinajstić information content (AvgIpc) is 2.89. The first-order valence-electron chi connectivity index (χ1n) is 7.64. The molecule has 2 nitrogen and oxygen atoms in total. The van der Waals surface area contributed by atoms with Gasteiger partial charge in [0.2, 0.25) is 0 Å². The van der Waals surface area contributed by atoms with Gasteiger partial charge in [-0.2, -0.15) is 0 Å². The predicted octanol–water partition coefficient (Wildman–Crippen LogP) is 5.34. The van der Waals surface area contributed by atoms with Crippen LogP contribution in [0.5, 0.6) is 11.5 Å². The molecular formula is C17H25ClO2. The third-order valence-electron chi connectivity index (χ3n) is 4.22. The van der Waals surface area contributed by atoms with Gasteiger partial charge in [0.05, 0.1) is 18.6 Å². The Balaban J connectivity index is 2.25. The van der Waals surface area contributed by atoms with E-state index in [9.17, 15) is 0 Å². The summed E-state index contributed by atoms with van der Waals surface area (Å²) in [7, 11) is 0.